The fraction of sp³-hybridized carbons (Fsp3) is 0.368. The second kappa shape index (κ2) is 7.28. The van der Waals surface area contributed by atoms with Gasteiger partial charge < -0.3 is 4.42 Å². The highest BCUT2D eigenvalue weighted by atomic mass is 32.1. The molecule has 4 nitrogen and oxygen atoms in total. The minimum atomic E-state index is 0.0657. The van der Waals surface area contributed by atoms with Gasteiger partial charge in [-0.2, -0.15) is 0 Å². The maximum Gasteiger partial charge on any atom is 0.257 e. The molecule has 0 aliphatic heterocycles. The zero-order valence-corrected chi connectivity index (χ0v) is 15.4. The summed E-state index contributed by atoms with van der Waals surface area (Å²) in [6.07, 6.45) is 0. The molecule has 0 N–H and O–H groups in total. The molecule has 0 unspecified atom stereocenters. The number of nitrogens with zero attached hydrogens (tertiary/aromatic N) is 3. The van der Waals surface area contributed by atoms with Crippen molar-refractivity contribution in [2.24, 2.45) is 0 Å². The standard InChI is InChI=1S/C19H23N3OS/c1-13(2)16-9-7-15(8-10-16)12-22(4)14(3)18-20-21-19(23-18)17-6-5-11-24-17/h5-11,13-14H,12H2,1-4H3/t14-/m1/s1. The van der Waals surface area contributed by atoms with Crippen LogP contribution in [0.3, 0.4) is 0 Å². The SMILES string of the molecule is CC(C)c1ccc(CN(C)[C@H](C)c2nnc(-c3cccs3)o2)cc1. The zero-order valence-electron chi connectivity index (χ0n) is 14.6. The monoisotopic (exact) mass is 341 g/mol. The van der Waals surface area contributed by atoms with E-state index >= 15 is 0 Å². The first kappa shape index (κ1) is 16.9. The summed E-state index contributed by atoms with van der Waals surface area (Å²) in [5, 5.41) is 10.4. The first-order chi connectivity index (χ1) is 11.5. The van der Waals surface area contributed by atoms with Crippen molar-refractivity contribution < 1.29 is 4.42 Å². The normalized spacial score (nSPS) is 12.9. The fourth-order valence-electron chi connectivity index (χ4n) is 2.52. The van der Waals surface area contributed by atoms with Gasteiger partial charge in [-0.1, -0.05) is 44.2 Å². The molecule has 3 aromatic rings. The van der Waals surface area contributed by atoms with Crippen molar-refractivity contribution in [3.63, 3.8) is 0 Å². The third-order valence-corrected chi connectivity index (χ3v) is 5.13. The molecule has 0 saturated heterocycles. The highest BCUT2D eigenvalue weighted by molar-refractivity contribution is 7.13. The summed E-state index contributed by atoms with van der Waals surface area (Å²) in [7, 11) is 2.08. The largest absolute Gasteiger partial charge is 0.418 e. The minimum Gasteiger partial charge on any atom is -0.418 e. The Labute approximate surface area is 147 Å². The Morgan fingerprint density at radius 3 is 2.46 bits per heavy atom. The van der Waals surface area contributed by atoms with Crippen molar-refractivity contribution in [2.75, 3.05) is 7.05 Å². The Hall–Kier alpha value is -1.98. The highest BCUT2D eigenvalue weighted by Crippen LogP contribution is 2.27. The molecule has 2 heterocycles. The lowest BCUT2D eigenvalue weighted by Crippen LogP contribution is -2.22. The third kappa shape index (κ3) is 3.74. The van der Waals surface area contributed by atoms with Gasteiger partial charge in [0.05, 0.1) is 10.9 Å². The van der Waals surface area contributed by atoms with Crippen LogP contribution in [-0.4, -0.2) is 22.1 Å². The summed E-state index contributed by atoms with van der Waals surface area (Å²) >= 11 is 1.61. The number of hydrogen-bond donors (Lipinski definition) is 0. The van der Waals surface area contributed by atoms with Gasteiger partial charge in [-0.3, -0.25) is 4.90 Å². The highest BCUT2D eigenvalue weighted by Gasteiger charge is 2.19. The Morgan fingerprint density at radius 1 is 1.08 bits per heavy atom. The van der Waals surface area contributed by atoms with Crippen molar-refractivity contribution in [1.29, 1.82) is 0 Å². The molecule has 5 heteroatoms. The van der Waals surface area contributed by atoms with Crippen molar-refractivity contribution in [2.45, 2.75) is 39.3 Å². The summed E-state index contributed by atoms with van der Waals surface area (Å²) in [4.78, 5) is 3.23. The van der Waals surface area contributed by atoms with Gasteiger partial charge in [0.1, 0.15) is 0 Å². The lowest BCUT2D eigenvalue weighted by atomic mass is 10.0. The lowest BCUT2D eigenvalue weighted by molar-refractivity contribution is 0.218. The predicted octanol–water partition coefficient (Wildman–Crippen LogP) is 5.11. The van der Waals surface area contributed by atoms with Gasteiger partial charge in [0.2, 0.25) is 5.89 Å². The molecule has 0 saturated carbocycles. The second-order valence-corrected chi connectivity index (χ2v) is 7.36. The van der Waals surface area contributed by atoms with Crippen LogP contribution in [0, 0.1) is 0 Å². The van der Waals surface area contributed by atoms with Crippen molar-refractivity contribution >= 4 is 11.3 Å². The molecule has 0 spiro atoms. The molecule has 0 aliphatic rings. The van der Waals surface area contributed by atoms with E-state index in [-0.39, 0.29) is 6.04 Å². The van der Waals surface area contributed by atoms with E-state index in [2.05, 4.69) is 67.2 Å². The summed E-state index contributed by atoms with van der Waals surface area (Å²) in [5.74, 6) is 1.81. The van der Waals surface area contributed by atoms with Crippen LogP contribution in [0.1, 0.15) is 49.7 Å². The molecule has 0 bridgehead atoms. The van der Waals surface area contributed by atoms with E-state index in [9.17, 15) is 0 Å². The molecule has 0 amide bonds. The van der Waals surface area contributed by atoms with E-state index in [1.807, 2.05) is 17.5 Å². The molecular formula is C19H23N3OS. The van der Waals surface area contributed by atoms with E-state index in [0.29, 0.717) is 17.7 Å². The average Bonchev–Trinajstić information content (AvgIpc) is 3.25. The molecule has 2 aromatic heterocycles. The van der Waals surface area contributed by atoms with Crippen molar-refractivity contribution in [3.8, 4) is 10.8 Å². The molecule has 0 fully saturated rings. The van der Waals surface area contributed by atoms with Crippen LogP contribution in [0.2, 0.25) is 0 Å². The predicted molar refractivity (Wildman–Crippen MR) is 98.0 cm³/mol. The molecule has 24 heavy (non-hydrogen) atoms. The van der Waals surface area contributed by atoms with Crippen LogP contribution in [0.4, 0.5) is 0 Å². The number of hydrogen-bond acceptors (Lipinski definition) is 5. The third-order valence-electron chi connectivity index (χ3n) is 4.27. The summed E-state index contributed by atoms with van der Waals surface area (Å²) in [5.41, 5.74) is 2.65. The Morgan fingerprint density at radius 2 is 1.83 bits per heavy atom. The topological polar surface area (TPSA) is 42.2 Å². The van der Waals surface area contributed by atoms with E-state index in [0.717, 1.165) is 11.4 Å². The van der Waals surface area contributed by atoms with Gasteiger partial charge in [-0.15, -0.1) is 21.5 Å². The van der Waals surface area contributed by atoms with Gasteiger partial charge in [-0.25, -0.2) is 0 Å². The van der Waals surface area contributed by atoms with Crippen LogP contribution in [0.5, 0.6) is 0 Å². The van der Waals surface area contributed by atoms with Gasteiger partial charge >= 0.3 is 0 Å². The minimum absolute atomic E-state index is 0.0657. The molecule has 0 radical (unpaired) electrons. The molecular weight excluding hydrogens is 318 g/mol. The van der Waals surface area contributed by atoms with Crippen LogP contribution in [0.25, 0.3) is 10.8 Å². The number of aromatic nitrogens is 2. The van der Waals surface area contributed by atoms with Crippen LogP contribution < -0.4 is 0 Å². The lowest BCUT2D eigenvalue weighted by Gasteiger charge is -2.22. The number of rotatable bonds is 6. The number of benzene rings is 1. The van der Waals surface area contributed by atoms with E-state index in [1.165, 1.54) is 11.1 Å². The molecule has 0 aliphatic carbocycles. The van der Waals surface area contributed by atoms with Crippen molar-refractivity contribution in [3.05, 3.63) is 58.8 Å². The first-order valence-electron chi connectivity index (χ1n) is 8.21. The van der Waals surface area contributed by atoms with Crippen LogP contribution in [-0.2, 0) is 6.54 Å². The van der Waals surface area contributed by atoms with E-state index in [4.69, 9.17) is 4.42 Å². The van der Waals surface area contributed by atoms with E-state index in [1.54, 1.807) is 11.3 Å². The van der Waals surface area contributed by atoms with Gasteiger partial charge in [0.15, 0.2) is 0 Å². The van der Waals surface area contributed by atoms with Gasteiger partial charge in [-0.05, 0) is 42.5 Å². The summed E-state index contributed by atoms with van der Waals surface area (Å²) < 4.78 is 5.85. The molecule has 126 valence electrons. The Bertz CT molecular complexity index is 762. The summed E-state index contributed by atoms with van der Waals surface area (Å²) in [6.45, 7) is 7.36. The first-order valence-corrected chi connectivity index (χ1v) is 9.09. The maximum atomic E-state index is 5.85. The molecule has 1 aromatic carbocycles. The molecule has 3 rings (SSSR count). The van der Waals surface area contributed by atoms with Crippen LogP contribution in [0.15, 0.2) is 46.2 Å². The quantitative estimate of drug-likeness (QED) is 0.624. The molecule has 1 atom stereocenters. The average molecular weight is 341 g/mol. The summed E-state index contributed by atoms with van der Waals surface area (Å²) in [6, 6.07) is 12.9. The fourth-order valence-corrected chi connectivity index (χ4v) is 3.17. The van der Waals surface area contributed by atoms with Gasteiger partial charge in [0.25, 0.3) is 5.89 Å². The number of thiophene rings is 1. The zero-order chi connectivity index (χ0) is 17.1. The second-order valence-electron chi connectivity index (χ2n) is 6.41. The Balaban J connectivity index is 1.67. The van der Waals surface area contributed by atoms with Crippen molar-refractivity contribution in [1.82, 2.24) is 15.1 Å². The Kier molecular flexibility index (Phi) is 5.11. The van der Waals surface area contributed by atoms with Gasteiger partial charge in [0, 0.05) is 6.54 Å². The van der Waals surface area contributed by atoms with E-state index < -0.39 is 0 Å². The maximum absolute atomic E-state index is 5.85. The van der Waals surface area contributed by atoms with Crippen LogP contribution >= 0.6 is 11.3 Å². The smallest absolute Gasteiger partial charge is 0.257 e.